The number of rotatable bonds is 3. The van der Waals surface area contributed by atoms with Crippen molar-refractivity contribution in [3.8, 4) is 0 Å². The lowest BCUT2D eigenvalue weighted by atomic mass is 9.75. The van der Waals surface area contributed by atoms with Crippen LogP contribution >= 0.6 is 11.8 Å². The summed E-state index contributed by atoms with van der Waals surface area (Å²) in [6.07, 6.45) is 0. The minimum absolute atomic E-state index is 0.123. The molecule has 8 heteroatoms. The highest BCUT2D eigenvalue weighted by Crippen LogP contribution is 2.40. The summed E-state index contributed by atoms with van der Waals surface area (Å²) in [5.41, 5.74) is 1.52. The Morgan fingerprint density at radius 3 is 1.91 bits per heavy atom. The van der Waals surface area contributed by atoms with Crippen LogP contribution in [0.3, 0.4) is 0 Å². The molecule has 2 N–H and O–H groups in total. The van der Waals surface area contributed by atoms with Crippen molar-refractivity contribution in [2.75, 3.05) is 0 Å². The molecule has 122 valence electrons. The van der Waals surface area contributed by atoms with Gasteiger partial charge in [0.15, 0.2) is 0 Å². The summed E-state index contributed by atoms with van der Waals surface area (Å²) in [6, 6.07) is 5.95. The lowest BCUT2D eigenvalue weighted by Gasteiger charge is -2.32. The van der Waals surface area contributed by atoms with Crippen molar-refractivity contribution in [2.45, 2.75) is 55.2 Å². The van der Waals surface area contributed by atoms with Crippen molar-refractivity contribution in [1.82, 2.24) is 0 Å². The largest absolute Gasteiger partial charge is 0.480 e. The molecule has 1 fully saturated rings. The topological polar surface area (TPSA) is 44.5 Å². The summed E-state index contributed by atoms with van der Waals surface area (Å²) < 4.78 is 48.7. The molecular weight excluding hydrogens is 314 g/mol. The number of alkyl halides is 3. The van der Waals surface area contributed by atoms with E-state index in [1.54, 1.807) is 12.1 Å². The van der Waals surface area contributed by atoms with E-state index < -0.39 is 29.8 Å². The van der Waals surface area contributed by atoms with Crippen LogP contribution in [0.1, 0.15) is 39.2 Å². The molecule has 0 radical (unpaired) electrons. The third kappa shape index (κ3) is 3.79. The zero-order chi connectivity index (χ0) is 16.8. The average molecular weight is 333 g/mol. The standard InChI is InChI=1S/C14H19BF3NO2S/c1-12(2)13(3,4)21-15(20-12)11(19)9-5-7-10(8-6-9)22-14(16,17)18/h5-8,11H,19H2,1-4H3/t11-/m0/s1. The number of thioether (sulfide) groups is 1. The van der Waals surface area contributed by atoms with Crippen molar-refractivity contribution in [3.63, 3.8) is 0 Å². The Labute approximate surface area is 132 Å². The summed E-state index contributed by atoms with van der Waals surface area (Å²) in [5.74, 6) is -0.564. The Hall–Kier alpha value is -0.695. The predicted molar refractivity (Wildman–Crippen MR) is 81.4 cm³/mol. The summed E-state index contributed by atoms with van der Waals surface area (Å²) in [7, 11) is -0.633. The highest BCUT2D eigenvalue weighted by Gasteiger charge is 2.53. The van der Waals surface area contributed by atoms with E-state index >= 15 is 0 Å². The van der Waals surface area contributed by atoms with Gasteiger partial charge < -0.3 is 15.0 Å². The number of benzene rings is 1. The molecule has 0 aromatic heterocycles. The highest BCUT2D eigenvalue weighted by atomic mass is 32.2. The van der Waals surface area contributed by atoms with E-state index in [4.69, 9.17) is 15.0 Å². The zero-order valence-corrected chi connectivity index (χ0v) is 13.7. The molecule has 1 aliphatic heterocycles. The molecule has 1 aliphatic rings. The molecule has 1 aromatic carbocycles. The highest BCUT2D eigenvalue weighted by molar-refractivity contribution is 8.00. The van der Waals surface area contributed by atoms with E-state index in [9.17, 15) is 13.2 Å². The van der Waals surface area contributed by atoms with Crippen LogP contribution in [0.4, 0.5) is 13.2 Å². The molecule has 2 rings (SSSR count). The second-order valence-electron chi connectivity index (χ2n) is 6.27. The van der Waals surface area contributed by atoms with Crippen molar-refractivity contribution < 1.29 is 22.5 Å². The third-order valence-electron chi connectivity index (χ3n) is 4.06. The van der Waals surface area contributed by atoms with E-state index in [-0.39, 0.29) is 16.7 Å². The zero-order valence-electron chi connectivity index (χ0n) is 12.9. The van der Waals surface area contributed by atoms with Crippen LogP contribution < -0.4 is 5.73 Å². The van der Waals surface area contributed by atoms with E-state index in [1.807, 2.05) is 27.7 Å². The van der Waals surface area contributed by atoms with Gasteiger partial charge >= 0.3 is 12.6 Å². The second kappa shape index (κ2) is 5.74. The molecule has 0 aliphatic carbocycles. The molecule has 1 aromatic rings. The van der Waals surface area contributed by atoms with E-state index in [2.05, 4.69) is 0 Å². The van der Waals surface area contributed by atoms with Crippen LogP contribution in [0.2, 0.25) is 0 Å². The van der Waals surface area contributed by atoms with Gasteiger partial charge in [0, 0.05) is 4.90 Å². The number of halogens is 3. The van der Waals surface area contributed by atoms with Crippen LogP contribution in [-0.2, 0) is 9.31 Å². The fourth-order valence-electron chi connectivity index (χ4n) is 2.08. The summed E-state index contributed by atoms with van der Waals surface area (Å²) >= 11 is -0.150. The van der Waals surface area contributed by atoms with Crippen molar-refractivity contribution in [3.05, 3.63) is 29.8 Å². The van der Waals surface area contributed by atoms with Gasteiger partial charge in [-0.1, -0.05) is 12.1 Å². The maximum absolute atomic E-state index is 12.3. The summed E-state index contributed by atoms with van der Waals surface area (Å²) in [5, 5.41) is 0. The molecule has 1 heterocycles. The van der Waals surface area contributed by atoms with Crippen LogP contribution in [0.5, 0.6) is 0 Å². The first-order valence-corrected chi connectivity index (χ1v) is 7.70. The number of nitrogens with two attached hydrogens (primary N) is 1. The molecule has 22 heavy (non-hydrogen) atoms. The SMILES string of the molecule is CC1(C)OB([C@@H](N)c2ccc(SC(F)(F)F)cc2)OC1(C)C. The Morgan fingerprint density at radius 2 is 1.50 bits per heavy atom. The van der Waals surface area contributed by atoms with Gasteiger partial charge in [-0.15, -0.1) is 0 Å². The summed E-state index contributed by atoms with van der Waals surface area (Å²) in [4.78, 5) is 0.123. The first-order chi connectivity index (χ1) is 9.91. The van der Waals surface area contributed by atoms with Crippen molar-refractivity contribution in [1.29, 1.82) is 0 Å². The number of hydrogen-bond acceptors (Lipinski definition) is 4. The fraction of sp³-hybridized carbons (Fsp3) is 0.571. The van der Waals surface area contributed by atoms with Gasteiger partial charge in [0.05, 0.1) is 17.1 Å². The quantitative estimate of drug-likeness (QED) is 0.672. The van der Waals surface area contributed by atoms with Gasteiger partial charge in [-0.25, -0.2) is 0 Å². The Morgan fingerprint density at radius 1 is 1.05 bits per heavy atom. The molecule has 0 spiro atoms. The Bertz CT molecular complexity index is 518. The molecule has 1 atom stereocenters. The smallest absolute Gasteiger partial charge is 0.402 e. The molecule has 3 nitrogen and oxygen atoms in total. The second-order valence-corrected chi connectivity index (χ2v) is 7.41. The monoisotopic (exact) mass is 333 g/mol. The molecule has 0 amide bonds. The van der Waals surface area contributed by atoms with Crippen LogP contribution in [0.15, 0.2) is 29.2 Å². The van der Waals surface area contributed by atoms with Gasteiger partial charge in [-0.2, -0.15) is 13.2 Å². The molecule has 0 bridgehead atoms. The minimum atomic E-state index is -4.30. The lowest BCUT2D eigenvalue weighted by Crippen LogP contribution is -2.41. The summed E-state index contributed by atoms with van der Waals surface area (Å²) in [6.45, 7) is 7.68. The Kier molecular flexibility index (Phi) is 4.61. The van der Waals surface area contributed by atoms with Crippen molar-refractivity contribution >= 4 is 18.9 Å². The van der Waals surface area contributed by atoms with Gasteiger partial charge in [0.1, 0.15) is 0 Å². The minimum Gasteiger partial charge on any atom is -0.402 e. The third-order valence-corrected chi connectivity index (χ3v) is 4.80. The maximum atomic E-state index is 12.3. The molecule has 0 saturated carbocycles. The molecule has 0 unspecified atom stereocenters. The van der Waals surface area contributed by atoms with Gasteiger partial charge in [-0.05, 0) is 57.2 Å². The van der Waals surface area contributed by atoms with Gasteiger partial charge in [-0.3, -0.25) is 0 Å². The van der Waals surface area contributed by atoms with Crippen LogP contribution in [-0.4, -0.2) is 23.8 Å². The van der Waals surface area contributed by atoms with E-state index in [0.717, 1.165) is 0 Å². The van der Waals surface area contributed by atoms with Gasteiger partial charge in [0.25, 0.3) is 0 Å². The predicted octanol–water partition coefficient (Wildman–Crippen LogP) is 3.93. The van der Waals surface area contributed by atoms with Crippen LogP contribution in [0.25, 0.3) is 0 Å². The lowest BCUT2D eigenvalue weighted by molar-refractivity contribution is -0.0328. The average Bonchev–Trinajstić information content (AvgIpc) is 2.56. The first kappa shape index (κ1) is 17.7. The first-order valence-electron chi connectivity index (χ1n) is 6.88. The van der Waals surface area contributed by atoms with E-state index in [1.165, 1.54) is 12.1 Å². The fourth-order valence-corrected chi connectivity index (χ4v) is 2.62. The molecular formula is C14H19BF3NO2S. The van der Waals surface area contributed by atoms with Gasteiger partial charge in [0.2, 0.25) is 0 Å². The number of hydrogen-bond donors (Lipinski definition) is 1. The molecule has 1 saturated heterocycles. The normalized spacial score (nSPS) is 21.9. The maximum Gasteiger partial charge on any atom is 0.480 e. The van der Waals surface area contributed by atoms with Crippen molar-refractivity contribution in [2.24, 2.45) is 5.73 Å². The van der Waals surface area contributed by atoms with E-state index in [0.29, 0.717) is 5.56 Å². The van der Waals surface area contributed by atoms with Crippen LogP contribution in [0, 0.1) is 0 Å². The Balaban J connectivity index is 2.10.